The van der Waals surface area contributed by atoms with Gasteiger partial charge in [-0.25, -0.2) is 9.78 Å². The van der Waals surface area contributed by atoms with Crippen LogP contribution in [0.2, 0.25) is 0 Å². The zero-order chi connectivity index (χ0) is 18.8. The molecular formula is C18H23ClN6O2. The molecule has 27 heavy (non-hydrogen) atoms. The molecule has 0 aliphatic rings. The predicted molar refractivity (Wildman–Crippen MR) is 109 cm³/mol. The van der Waals surface area contributed by atoms with E-state index in [1.165, 1.54) is 4.57 Å². The number of aromatic amines is 1. The Bertz CT molecular complexity index is 1080. The molecule has 8 nitrogen and oxygen atoms in total. The molecule has 3 aromatic rings. The number of fused-ring (bicyclic) bond motifs is 1. The van der Waals surface area contributed by atoms with Crippen LogP contribution < -0.4 is 17.0 Å². The number of rotatable bonds is 6. The van der Waals surface area contributed by atoms with E-state index in [0.717, 1.165) is 12.0 Å². The summed E-state index contributed by atoms with van der Waals surface area (Å²) in [5.74, 6) is 0.492. The number of amidine groups is 1. The SMILES string of the molecule is CCCn1c(=O)c2[nH]c(-c3ccc(C(=N)N)cc3)nc2n(CCC)c1=O.Cl. The number of nitrogens with one attached hydrogen (secondary N) is 2. The van der Waals surface area contributed by atoms with Crippen LogP contribution in [0.1, 0.15) is 32.3 Å². The number of nitrogen functional groups attached to an aromatic ring is 1. The first kappa shape index (κ1) is 20.4. The number of aryl methyl sites for hydroxylation is 1. The Balaban J connectivity index is 0.00000261. The summed E-state index contributed by atoms with van der Waals surface area (Å²) >= 11 is 0. The lowest BCUT2D eigenvalue weighted by atomic mass is 10.1. The Morgan fingerprint density at radius 3 is 2.26 bits per heavy atom. The van der Waals surface area contributed by atoms with Gasteiger partial charge in [0.05, 0.1) is 0 Å². The highest BCUT2D eigenvalue weighted by atomic mass is 35.5. The van der Waals surface area contributed by atoms with E-state index in [0.29, 0.717) is 42.1 Å². The van der Waals surface area contributed by atoms with Crippen LogP contribution in [0.25, 0.3) is 22.6 Å². The van der Waals surface area contributed by atoms with E-state index < -0.39 is 0 Å². The van der Waals surface area contributed by atoms with Crippen molar-refractivity contribution in [3.05, 3.63) is 50.7 Å². The third-order valence-electron chi connectivity index (χ3n) is 4.22. The molecule has 9 heteroatoms. The Morgan fingerprint density at radius 1 is 1.11 bits per heavy atom. The van der Waals surface area contributed by atoms with Crippen LogP contribution in [0.3, 0.4) is 0 Å². The summed E-state index contributed by atoms with van der Waals surface area (Å²) in [5.41, 5.74) is 6.87. The van der Waals surface area contributed by atoms with Gasteiger partial charge in [0.2, 0.25) is 0 Å². The molecule has 0 fully saturated rings. The summed E-state index contributed by atoms with van der Waals surface area (Å²) in [4.78, 5) is 33.0. The highest BCUT2D eigenvalue weighted by molar-refractivity contribution is 5.95. The molecule has 0 bridgehead atoms. The molecule has 2 heterocycles. The molecule has 0 unspecified atom stereocenters. The number of nitrogens with zero attached hydrogens (tertiary/aromatic N) is 3. The zero-order valence-corrected chi connectivity index (χ0v) is 16.1. The van der Waals surface area contributed by atoms with Crippen molar-refractivity contribution in [1.82, 2.24) is 19.1 Å². The minimum atomic E-state index is -0.349. The zero-order valence-electron chi connectivity index (χ0n) is 15.3. The Morgan fingerprint density at radius 2 is 1.70 bits per heavy atom. The minimum Gasteiger partial charge on any atom is -0.384 e. The van der Waals surface area contributed by atoms with Gasteiger partial charge in [-0.15, -0.1) is 12.4 Å². The van der Waals surface area contributed by atoms with Crippen LogP contribution in [0.5, 0.6) is 0 Å². The minimum absolute atomic E-state index is 0. The molecular weight excluding hydrogens is 368 g/mol. The van der Waals surface area contributed by atoms with Gasteiger partial charge in [-0.3, -0.25) is 19.3 Å². The van der Waals surface area contributed by atoms with Crippen molar-refractivity contribution in [3.8, 4) is 11.4 Å². The number of benzene rings is 1. The molecule has 0 atom stereocenters. The summed E-state index contributed by atoms with van der Waals surface area (Å²) in [7, 11) is 0. The van der Waals surface area contributed by atoms with Crippen LogP contribution >= 0.6 is 12.4 Å². The van der Waals surface area contributed by atoms with Gasteiger partial charge in [-0.05, 0) is 12.8 Å². The molecule has 0 spiro atoms. The van der Waals surface area contributed by atoms with Crippen LogP contribution in [0, 0.1) is 5.41 Å². The smallest absolute Gasteiger partial charge is 0.332 e. The number of halogens is 1. The van der Waals surface area contributed by atoms with Gasteiger partial charge in [0.1, 0.15) is 17.2 Å². The van der Waals surface area contributed by atoms with E-state index in [1.54, 1.807) is 28.8 Å². The summed E-state index contributed by atoms with van der Waals surface area (Å²) < 4.78 is 2.81. The standard InChI is InChI=1S/C18H22N6O2.ClH/c1-3-9-23-16-13(17(25)24(10-4-2)18(23)26)21-15(22-16)12-7-5-11(6-8-12)14(19)20;/h5-8H,3-4,9-10H2,1-2H3,(H3,19,20)(H,21,22);1H. The van der Waals surface area contributed by atoms with Crippen molar-refractivity contribution < 1.29 is 0 Å². The maximum absolute atomic E-state index is 12.7. The van der Waals surface area contributed by atoms with Crippen LogP contribution in [-0.2, 0) is 13.1 Å². The fraction of sp³-hybridized carbons (Fsp3) is 0.333. The van der Waals surface area contributed by atoms with Gasteiger partial charge in [-0.2, -0.15) is 0 Å². The van der Waals surface area contributed by atoms with Gasteiger partial charge in [0.25, 0.3) is 5.56 Å². The van der Waals surface area contributed by atoms with Gasteiger partial charge >= 0.3 is 5.69 Å². The van der Waals surface area contributed by atoms with E-state index in [9.17, 15) is 9.59 Å². The molecule has 144 valence electrons. The van der Waals surface area contributed by atoms with Crippen LogP contribution in [-0.4, -0.2) is 24.9 Å². The quantitative estimate of drug-likeness (QED) is 0.440. The third-order valence-corrected chi connectivity index (χ3v) is 4.22. The Kier molecular flexibility index (Phi) is 6.22. The molecule has 2 aromatic heterocycles. The highest BCUT2D eigenvalue weighted by Gasteiger charge is 2.17. The fourth-order valence-corrected chi connectivity index (χ4v) is 2.96. The van der Waals surface area contributed by atoms with Crippen molar-refractivity contribution in [2.45, 2.75) is 39.8 Å². The largest absolute Gasteiger partial charge is 0.384 e. The number of H-pyrrole nitrogens is 1. The number of nitrogens with two attached hydrogens (primary N) is 1. The predicted octanol–water partition coefficient (Wildman–Crippen LogP) is 2.08. The molecule has 0 radical (unpaired) electrons. The molecule has 0 amide bonds. The molecule has 0 saturated heterocycles. The number of hydrogen-bond donors (Lipinski definition) is 3. The van der Waals surface area contributed by atoms with E-state index in [2.05, 4.69) is 9.97 Å². The van der Waals surface area contributed by atoms with Gasteiger partial charge in [0, 0.05) is 24.2 Å². The molecule has 4 N–H and O–H groups in total. The summed E-state index contributed by atoms with van der Waals surface area (Å²) in [5, 5.41) is 7.46. The van der Waals surface area contributed by atoms with Gasteiger partial charge < -0.3 is 10.7 Å². The second-order valence-corrected chi connectivity index (χ2v) is 6.17. The average Bonchev–Trinajstić information content (AvgIpc) is 3.08. The molecule has 0 saturated carbocycles. The second-order valence-electron chi connectivity index (χ2n) is 6.17. The van der Waals surface area contributed by atoms with Gasteiger partial charge in [-0.1, -0.05) is 38.1 Å². The molecule has 3 rings (SSSR count). The van der Waals surface area contributed by atoms with Crippen molar-refractivity contribution in [3.63, 3.8) is 0 Å². The first-order valence-corrected chi connectivity index (χ1v) is 8.66. The average molecular weight is 391 g/mol. The lowest BCUT2D eigenvalue weighted by Gasteiger charge is -2.09. The lowest BCUT2D eigenvalue weighted by Crippen LogP contribution is -2.40. The number of imidazole rings is 1. The topological polar surface area (TPSA) is 123 Å². The first-order valence-electron chi connectivity index (χ1n) is 8.66. The molecule has 1 aromatic carbocycles. The van der Waals surface area contributed by atoms with Gasteiger partial charge in [0.15, 0.2) is 5.65 Å². The van der Waals surface area contributed by atoms with Crippen molar-refractivity contribution in [2.75, 3.05) is 0 Å². The third kappa shape index (κ3) is 3.66. The Labute approximate surface area is 162 Å². The van der Waals surface area contributed by atoms with Crippen LogP contribution in [0.4, 0.5) is 0 Å². The second kappa shape index (κ2) is 8.22. The first-order chi connectivity index (χ1) is 12.5. The lowest BCUT2D eigenvalue weighted by molar-refractivity contribution is 0.555. The van der Waals surface area contributed by atoms with E-state index in [4.69, 9.17) is 11.1 Å². The normalized spacial score (nSPS) is 10.7. The summed E-state index contributed by atoms with van der Waals surface area (Å²) in [6, 6.07) is 7.00. The van der Waals surface area contributed by atoms with E-state index >= 15 is 0 Å². The maximum atomic E-state index is 12.7. The fourth-order valence-electron chi connectivity index (χ4n) is 2.96. The summed E-state index contributed by atoms with van der Waals surface area (Å²) in [6.45, 7) is 4.77. The molecule has 0 aliphatic carbocycles. The monoisotopic (exact) mass is 390 g/mol. The summed E-state index contributed by atoms with van der Waals surface area (Å²) in [6.07, 6.45) is 1.45. The maximum Gasteiger partial charge on any atom is 0.332 e. The number of aromatic nitrogens is 4. The van der Waals surface area contributed by atoms with Crippen molar-refractivity contribution >= 4 is 29.4 Å². The van der Waals surface area contributed by atoms with Crippen LogP contribution in [0.15, 0.2) is 33.9 Å². The van der Waals surface area contributed by atoms with E-state index in [1.807, 2.05) is 13.8 Å². The Hall–Kier alpha value is -2.87. The van der Waals surface area contributed by atoms with Crippen molar-refractivity contribution in [2.24, 2.45) is 5.73 Å². The van der Waals surface area contributed by atoms with Crippen molar-refractivity contribution in [1.29, 1.82) is 5.41 Å². The van der Waals surface area contributed by atoms with E-state index in [-0.39, 0.29) is 29.5 Å². The number of hydrogen-bond acceptors (Lipinski definition) is 4. The highest BCUT2D eigenvalue weighted by Crippen LogP contribution is 2.19. The molecule has 0 aliphatic heterocycles.